The summed E-state index contributed by atoms with van der Waals surface area (Å²) in [5.74, 6) is 0.115. The Labute approximate surface area is 107 Å². The van der Waals surface area contributed by atoms with Crippen molar-refractivity contribution in [3.63, 3.8) is 0 Å². The molecular formula is C12H11FN4S. The smallest absolute Gasteiger partial charge is 0.201 e. The molecule has 0 saturated heterocycles. The number of nitrogens with two attached hydrogens (primary N) is 1. The first-order valence-electron chi connectivity index (χ1n) is 5.44. The number of thiazole rings is 1. The highest BCUT2D eigenvalue weighted by molar-refractivity contribution is 7.07. The topological polar surface area (TPSA) is 56.7 Å². The third kappa shape index (κ3) is 1.74. The van der Waals surface area contributed by atoms with E-state index in [-0.39, 0.29) is 5.82 Å². The highest BCUT2D eigenvalue weighted by Gasteiger charge is 2.11. The summed E-state index contributed by atoms with van der Waals surface area (Å²) in [4.78, 5) is 8.39. The minimum absolute atomic E-state index is 0.263. The minimum atomic E-state index is -0.263. The molecule has 2 N–H and O–H groups in total. The van der Waals surface area contributed by atoms with Gasteiger partial charge in [-0.2, -0.15) is 0 Å². The molecule has 3 aromatic rings. The predicted molar refractivity (Wildman–Crippen MR) is 70.1 cm³/mol. The van der Waals surface area contributed by atoms with Crippen LogP contribution in [0, 0.1) is 12.7 Å². The molecular weight excluding hydrogens is 251 g/mol. The maximum atomic E-state index is 13.5. The zero-order valence-corrected chi connectivity index (χ0v) is 10.5. The molecule has 0 spiro atoms. The Morgan fingerprint density at radius 1 is 1.44 bits per heavy atom. The zero-order valence-electron chi connectivity index (χ0n) is 9.72. The number of anilines is 1. The van der Waals surface area contributed by atoms with E-state index in [1.807, 2.05) is 9.95 Å². The number of hydrogen-bond acceptors (Lipinski definition) is 4. The summed E-state index contributed by atoms with van der Waals surface area (Å²) in [5, 5.41) is 1.96. The largest absolute Gasteiger partial charge is 0.369 e. The monoisotopic (exact) mass is 262 g/mol. The Morgan fingerprint density at radius 3 is 3.00 bits per heavy atom. The van der Waals surface area contributed by atoms with Gasteiger partial charge < -0.3 is 10.3 Å². The van der Waals surface area contributed by atoms with Crippen LogP contribution in [0.3, 0.4) is 0 Å². The maximum Gasteiger partial charge on any atom is 0.201 e. The van der Waals surface area contributed by atoms with Crippen molar-refractivity contribution in [3.05, 3.63) is 40.1 Å². The quantitative estimate of drug-likeness (QED) is 0.772. The van der Waals surface area contributed by atoms with Gasteiger partial charge in [-0.1, -0.05) is 0 Å². The molecule has 0 fully saturated rings. The zero-order chi connectivity index (χ0) is 12.7. The molecule has 1 aromatic carbocycles. The summed E-state index contributed by atoms with van der Waals surface area (Å²) in [7, 11) is 0. The second-order valence-electron chi connectivity index (χ2n) is 4.13. The van der Waals surface area contributed by atoms with E-state index in [4.69, 9.17) is 5.73 Å². The van der Waals surface area contributed by atoms with Crippen molar-refractivity contribution in [2.75, 3.05) is 5.73 Å². The van der Waals surface area contributed by atoms with Crippen molar-refractivity contribution < 1.29 is 4.39 Å². The first kappa shape index (κ1) is 11.2. The number of rotatable bonds is 2. The van der Waals surface area contributed by atoms with Crippen LogP contribution in [-0.4, -0.2) is 14.5 Å². The van der Waals surface area contributed by atoms with Gasteiger partial charge in [0.05, 0.1) is 28.8 Å². The Morgan fingerprint density at radius 2 is 2.28 bits per heavy atom. The fourth-order valence-corrected chi connectivity index (χ4v) is 2.46. The third-order valence-electron chi connectivity index (χ3n) is 2.86. The van der Waals surface area contributed by atoms with Gasteiger partial charge in [0.1, 0.15) is 5.82 Å². The maximum absolute atomic E-state index is 13.5. The number of aryl methyl sites for hydroxylation is 1. The fourth-order valence-electron chi connectivity index (χ4n) is 1.91. The lowest BCUT2D eigenvalue weighted by atomic mass is 10.2. The lowest BCUT2D eigenvalue weighted by Crippen LogP contribution is -2.04. The van der Waals surface area contributed by atoms with Gasteiger partial charge in [0.25, 0.3) is 0 Å². The van der Waals surface area contributed by atoms with E-state index in [0.717, 1.165) is 11.2 Å². The summed E-state index contributed by atoms with van der Waals surface area (Å²) in [6.45, 7) is 2.28. The molecule has 0 amide bonds. The molecule has 6 heteroatoms. The van der Waals surface area contributed by atoms with E-state index in [1.54, 1.807) is 18.5 Å². The van der Waals surface area contributed by atoms with Crippen molar-refractivity contribution in [2.45, 2.75) is 13.5 Å². The van der Waals surface area contributed by atoms with Crippen LogP contribution in [0.5, 0.6) is 0 Å². The first-order valence-corrected chi connectivity index (χ1v) is 6.38. The summed E-state index contributed by atoms with van der Waals surface area (Å²) >= 11 is 1.53. The van der Waals surface area contributed by atoms with Crippen LogP contribution in [0.4, 0.5) is 10.3 Å². The lowest BCUT2D eigenvalue weighted by Gasteiger charge is -2.04. The van der Waals surface area contributed by atoms with E-state index in [0.29, 0.717) is 23.6 Å². The van der Waals surface area contributed by atoms with Gasteiger partial charge >= 0.3 is 0 Å². The molecule has 0 saturated carbocycles. The molecule has 92 valence electrons. The summed E-state index contributed by atoms with van der Waals surface area (Å²) < 4.78 is 15.3. The molecule has 0 atom stereocenters. The average Bonchev–Trinajstić information content (AvgIpc) is 2.92. The van der Waals surface area contributed by atoms with Crippen LogP contribution >= 0.6 is 11.3 Å². The number of hydrogen-bond donors (Lipinski definition) is 1. The molecule has 0 aliphatic heterocycles. The molecule has 0 unspecified atom stereocenters. The average molecular weight is 262 g/mol. The number of nitrogens with zero attached hydrogens (tertiary/aromatic N) is 3. The molecule has 18 heavy (non-hydrogen) atoms. The molecule has 2 heterocycles. The predicted octanol–water partition coefficient (Wildman–Crippen LogP) is 2.57. The Bertz CT molecular complexity index is 703. The Hall–Kier alpha value is -1.95. The van der Waals surface area contributed by atoms with Crippen molar-refractivity contribution in [2.24, 2.45) is 0 Å². The van der Waals surface area contributed by atoms with Gasteiger partial charge in [0, 0.05) is 11.4 Å². The van der Waals surface area contributed by atoms with Gasteiger partial charge in [-0.15, -0.1) is 11.3 Å². The second kappa shape index (κ2) is 4.06. The van der Waals surface area contributed by atoms with Crippen LogP contribution in [0.25, 0.3) is 11.0 Å². The van der Waals surface area contributed by atoms with Gasteiger partial charge in [0.2, 0.25) is 5.95 Å². The number of fused-ring (bicyclic) bond motifs is 1. The lowest BCUT2D eigenvalue weighted by molar-refractivity contribution is 0.620. The molecule has 0 bridgehead atoms. The van der Waals surface area contributed by atoms with Crippen LogP contribution in [0.15, 0.2) is 23.0 Å². The Kier molecular flexibility index (Phi) is 2.52. The molecule has 0 aliphatic carbocycles. The van der Waals surface area contributed by atoms with Crippen molar-refractivity contribution in [1.82, 2.24) is 14.5 Å². The standard InChI is InChI=1S/C12H11FN4S/c1-7-2-11-10(3-9(7)13)16-12(14)17(11)4-8-5-18-6-15-8/h2-3,5-6H,4H2,1H3,(H2,14,16). The van der Waals surface area contributed by atoms with Crippen molar-refractivity contribution >= 4 is 28.3 Å². The fraction of sp³-hybridized carbons (Fsp3) is 0.167. The van der Waals surface area contributed by atoms with E-state index in [9.17, 15) is 4.39 Å². The van der Waals surface area contributed by atoms with Crippen molar-refractivity contribution in [1.29, 1.82) is 0 Å². The highest BCUT2D eigenvalue weighted by atomic mass is 32.1. The number of nitrogen functional groups attached to an aromatic ring is 1. The second-order valence-corrected chi connectivity index (χ2v) is 4.84. The number of halogens is 1. The van der Waals surface area contributed by atoms with E-state index in [2.05, 4.69) is 9.97 Å². The summed E-state index contributed by atoms with van der Waals surface area (Å²) in [6, 6.07) is 3.18. The first-order chi connectivity index (χ1) is 8.65. The van der Waals surface area contributed by atoms with E-state index < -0.39 is 0 Å². The number of imidazole rings is 1. The molecule has 2 aromatic heterocycles. The minimum Gasteiger partial charge on any atom is -0.369 e. The third-order valence-corrected chi connectivity index (χ3v) is 3.50. The molecule has 3 rings (SSSR count). The Balaban J connectivity index is 2.16. The van der Waals surface area contributed by atoms with Crippen LogP contribution < -0.4 is 5.73 Å². The summed E-state index contributed by atoms with van der Waals surface area (Å²) in [6.07, 6.45) is 0. The number of aromatic nitrogens is 3. The van der Waals surface area contributed by atoms with Gasteiger partial charge in [-0.25, -0.2) is 14.4 Å². The molecule has 0 aliphatic rings. The highest BCUT2D eigenvalue weighted by Crippen LogP contribution is 2.22. The van der Waals surface area contributed by atoms with Crippen LogP contribution in [0.2, 0.25) is 0 Å². The molecule has 0 radical (unpaired) electrons. The molecule has 4 nitrogen and oxygen atoms in total. The van der Waals surface area contributed by atoms with Gasteiger partial charge in [-0.3, -0.25) is 0 Å². The van der Waals surface area contributed by atoms with Crippen molar-refractivity contribution in [3.8, 4) is 0 Å². The van der Waals surface area contributed by atoms with Gasteiger partial charge in [0.15, 0.2) is 0 Å². The van der Waals surface area contributed by atoms with E-state index in [1.165, 1.54) is 17.4 Å². The normalized spacial score (nSPS) is 11.2. The van der Waals surface area contributed by atoms with Crippen LogP contribution in [-0.2, 0) is 6.54 Å². The van der Waals surface area contributed by atoms with E-state index >= 15 is 0 Å². The van der Waals surface area contributed by atoms with Crippen LogP contribution in [0.1, 0.15) is 11.3 Å². The summed E-state index contributed by atoms with van der Waals surface area (Å²) in [5.41, 5.74) is 10.6. The SMILES string of the molecule is Cc1cc2c(cc1F)nc(N)n2Cc1cscn1. The number of benzene rings is 1. The van der Waals surface area contributed by atoms with Gasteiger partial charge in [-0.05, 0) is 18.6 Å².